The van der Waals surface area contributed by atoms with Gasteiger partial charge in [0.25, 0.3) is 0 Å². The molecular weight excluding hydrogens is 831 g/mol. The highest BCUT2D eigenvalue weighted by Gasteiger charge is 2.87. The summed E-state index contributed by atoms with van der Waals surface area (Å²) in [7, 11) is 0. The molecule has 10 aliphatic rings. The Hall–Kier alpha value is -4.60. The molecule has 0 saturated heterocycles. The van der Waals surface area contributed by atoms with Crippen molar-refractivity contribution in [3.05, 3.63) is 87.6 Å². The number of carboxylic acid groups (broad SMARTS) is 1. The molecule has 2 spiro atoms. The number of ketones is 2. The Morgan fingerprint density at radius 3 is 2.36 bits per heavy atom. The molecule has 0 heterocycles. The molecule has 0 radical (unpaired) electrons. The van der Waals surface area contributed by atoms with Gasteiger partial charge < -0.3 is 37.0 Å². The molecule has 4 fully saturated rings. The minimum absolute atomic E-state index is 0.0108. The summed E-state index contributed by atoms with van der Waals surface area (Å²) in [6.07, 6.45) is 14.5. The molecule has 0 amide bonds. The van der Waals surface area contributed by atoms with E-state index in [4.69, 9.17) is 16.5 Å². The van der Waals surface area contributed by atoms with Gasteiger partial charge in [-0.05, 0) is 105 Å². The number of guanidine groups is 1. The zero-order valence-electron chi connectivity index (χ0n) is 38.8. The molecule has 348 valence electrons. The number of fused-ring (bicyclic) bond motifs is 4. The van der Waals surface area contributed by atoms with Gasteiger partial charge in [0.2, 0.25) is 0 Å². The van der Waals surface area contributed by atoms with Gasteiger partial charge in [-0.25, -0.2) is 9.79 Å². The van der Waals surface area contributed by atoms with E-state index in [9.17, 15) is 35.1 Å². The molecule has 0 unspecified atom stereocenters. The van der Waals surface area contributed by atoms with Gasteiger partial charge in [-0.3, -0.25) is 9.59 Å². The number of hydrogen-bond acceptors (Lipinski definition) is 8. The molecule has 11 rings (SSSR count). The van der Waals surface area contributed by atoms with Gasteiger partial charge in [0.05, 0.1) is 5.60 Å². The Morgan fingerprint density at radius 2 is 1.64 bits per heavy atom. The Bertz CT molecular complexity index is 2670. The van der Waals surface area contributed by atoms with E-state index < -0.39 is 79.2 Å². The number of aliphatic hydroxyl groups is 4. The molecule has 0 aromatic heterocycles. The SMILES string of the molecule is C/C(C(=O)O)=C1/CC[C@]2(N=C(N)N)C=C[C@@]3(C[C@@]4(O)C=C[C@]5(O)C6=C7C(=O)C[C@@]3(C3CCCC3)[C@]64CCC#CC[C@]3(C)C(=O)CC[C@@]7(C)[C@@H]3[C@H]5C3=Cc4ccccc4CC3)[C@H](C)[C@@]2(O)[C@@H]1O. The minimum atomic E-state index is -2.22. The van der Waals surface area contributed by atoms with Crippen LogP contribution in [0.4, 0.5) is 0 Å². The number of carboxylic acids is 1. The van der Waals surface area contributed by atoms with Crippen molar-refractivity contribution in [2.75, 3.05) is 0 Å². The van der Waals surface area contributed by atoms with E-state index in [0.29, 0.717) is 36.8 Å². The smallest absolute Gasteiger partial charge is 0.331 e. The molecule has 9 N–H and O–H groups in total. The summed E-state index contributed by atoms with van der Waals surface area (Å²) in [5.41, 5.74) is 3.98. The number of rotatable bonds is 4. The predicted molar refractivity (Wildman–Crippen MR) is 249 cm³/mol. The molecule has 1 aromatic carbocycles. The fraction of sp³-hybridized carbons (Fsp3) is 0.600. The van der Waals surface area contributed by atoms with Crippen LogP contribution in [0.25, 0.3) is 6.08 Å². The van der Waals surface area contributed by atoms with Crippen LogP contribution in [0.15, 0.2) is 81.4 Å². The van der Waals surface area contributed by atoms with Crippen molar-refractivity contribution in [1.82, 2.24) is 0 Å². The zero-order chi connectivity index (χ0) is 46.8. The summed E-state index contributed by atoms with van der Waals surface area (Å²) in [5, 5.41) is 65.9. The van der Waals surface area contributed by atoms with Gasteiger partial charge in [0.1, 0.15) is 28.6 Å². The van der Waals surface area contributed by atoms with Crippen LogP contribution in [-0.4, -0.2) is 77.5 Å². The third-order valence-electron chi connectivity index (χ3n) is 20.7. The van der Waals surface area contributed by atoms with Crippen LogP contribution in [0.3, 0.4) is 0 Å². The Labute approximate surface area is 387 Å². The number of aliphatic carboxylic acids is 1. The number of carbonyl (C=O) groups excluding carboxylic acids is 2. The zero-order valence-corrected chi connectivity index (χ0v) is 38.8. The number of aliphatic imine (C=N–C) groups is 1. The molecule has 10 aliphatic carbocycles. The predicted octanol–water partition coefficient (Wildman–Crippen LogP) is 6.18. The fourth-order valence-electron chi connectivity index (χ4n) is 18.3. The molecule has 13 atom stereocenters. The van der Waals surface area contributed by atoms with Crippen LogP contribution in [0.1, 0.15) is 129 Å². The van der Waals surface area contributed by atoms with Gasteiger partial charge in [-0.15, -0.1) is 11.8 Å². The third-order valence-corrected chi connectivity index (χ3v) is 20.7. The number of aryl methyl sites for hydroxylation is 1. The van der Waals surface area contributed by atoms with E-state index in [2.05, 4.69) is 43.0 Å². The van der Waals surface area contributed by atoms with E-state index in [1.54, 1.807) is 12.2 Å². The molecule has 11 heteroatoms. The van der Waals surface area contributed by atoms with Gasteiger partial charge in [0, 0.05) is 75.7 Å². The Kier molecular flexibility index (Phi) is 9.17. The number of hydrogen-bond donors (Lipinski definition) is 7. The number of benzene rings is 1. The summed E-state index contributed by atoms with van der Waals surface area (Å²) in [6, 6.07) is 8.30. The van der Waals surface area contributed by atoms with Crippen LogP contribution in [0, 0.1) is 62.6 Å². The Balaban J connectivity index is 1.26. The number of carbonyl (C=O) groups is 3. The van der Waals surface area contributed by atoms with Crippen molar-refractivity contribution in [2.45, 2.75) is 152 Å². The highest BCUT2D eigenvalue weighted by Crippen LogP contribution is 2.87. The summed E-state index contributed by atoms with van der Waals surface area (Å²) < 4.78 is 0. The lowest BCUT2D eigenvalue weighted by molar-refractivity contribution is -0.215. The van der Waals surface area contributed by atoms with Crippen LogP contribution < -0.4 is 11.5 Å². The third kappa shape index (κ3) is 4.85. The highest BCUT2D eigenvalue weighted by molar-refractivity contribution is 6.02. The number of aliphatic hydroxyl groups excluding tert-OH is 1. The van der Waals surface area contributed by atoms with Crippen molar-refractivity contribution < 1.29 is 39.9 Å². The van der Waals surface area contributed by atoms with Crippen molar-refractivity contribution in [3.63, 3.8) is 0 Å². The standard InChI is InChI=1S/C55H65N3O8/c1-31(45(62)63)37-18-23-50(58-46(56)57)25-24-49(32(2)55(50,66)44(37)61)30-51(64)26-27-52(65)40(35-17-16-33-12-6-7-13-34(33)28-35)42-47(3)20-10-5-11-21-53(51)43(52)41(48(42,4)22-19-39(47)60)38(59)29-54(49,53)36-14-8-9-15-36/h6-7,12-13,24-28,32,36,40,42,44,61,64-66H,8-9,11,14-23,29-30H2,1-4H3,(H,62,63)(H4,56,57,58)/b37-31+/t32-,40+,42+,44+,47+,48+,49+,50-,51-,52+,53+,54-,55+/m0/s1. The number of allylic oxidation sites excluding steroid dienone is 2. The minimum Gasteiger partial charge on any atom is -0.478 e. The van der Waals surface area contributed by atoms with Gasteiger partial charge in [-0.2, -0.15) is 0 Å². The van der Waals surface area contributed by atoms with Crippen molar-refractivity contribution in [1.29, 1.82) is 0 Å². The van der Waals surface area contributed by atoms with E-state index in [1.807, 2.05) is 32.1 Å². The second-order valence-corrected chi connectivity index (χ2v) is 22.9. The first-order valence-corrected chi connectivity index (χ1v) is 24.5. The normalized spacial score (nSPS) is 47.1. The first kappa shape index (κ1) is 43.9. The summed E-state index contributed by atoms with van der Waals surface area (Å²) >= 11 is 0. The van der Waals surface area contributed by atoms with E-state index in [0.717, 1.165) is 43.2 Å². The van der Waals surface area contributed by atoms with Crippen molar-refractivity contribution >= 4 is 29.6 Å². The monoisotopic (exact) mass is 895 g/mol. The molecule has 1 aromatic rings. The maximum absolute atomic E-state index is 16.4. The largest absolute Gasteiger partial charge is 0.478 e. The molecule has 11 nitrogen and oxygen atoms in total. The molecule has 4 bridgehead atoms. The molecule has 4 saturated carbocycles. The Morgan fingerprint density at radius 1 is 0.894 bits per heavy atom. The maximum Gasteiger partial charge on any atom is 0.331 e. The fourth-order valence-corrected chi connectivity index (χ4v) is 18.3. The van der Waals surface area contributed by atoms with Gasteiger partial charge in [-0.1, -0.05) is 87.8 Å². The number of Topliss-reactive ketones (excluding diaryl/α,β-unsaturated/α-hetero) is 2. The maximum atomic E-state index is 16.4. The highest BCUT2D eigenvalue weighted by atomic mass is 16.4. The average molecular weight is 896 g/mol. The van der Waals surface area contributed by atoms with E-state index >= 15 is 4.79 Å². The van der Waals surface area contributed by atoms with Gasteiger partial charge >= 0.3 is 5.97 Å². The van der Waals surface area contributed by atoms with E-state index in [1.165, 1.54) is 12.5 Å². The van der Waals surface area contributed by atoms with Crippen LogP contribution in [0.2, 0.25) is 0 Å². The van der Waals surface area contributed by atoms with Crippen LogP contribution in [-0.2, 0) is 20.8 Å². The van der Waals surface area contributed by atoms with Crippen molar-refractivity contribution in [3.8, 4) is 11.8 Å². The quantitative estimate of drug-likeness (QED) is 0.0599. The number of nitrogens with two attached hydrogens (primary N) is 2. The second-order valence-electron chi connectivity index (χ2n) is 22.9. The first-order chi connectivity index (χ1) is 31.2. The molecule has 0 aliphatic heterocycles. The summed E-state index contributed by atoms with van der Waals surface area (Å²) in [5.74, 6) is 3.18. The second kappa shape index (κ2) is 13.8. The summed E-state index contributed by atoms with van der Waals surface area (Å²) in [4.78, 5) is 48.5. The average Bonchev–Trinajstić information content (AvgIpc) is 3.88. The topological polar surface area (TPSA) is 217 Å². The van der Waals surface area contributed by atoms with Crippen LogP contribution in [0.5, 0.6) is 0 Å². The first-order valence-electron chi connectivity index (χ1n) is 24.5. The lowest BCUT2D eigenvalue weighted by Gasteiger charge is -2.72. The van der Waals surface area contributed by atoms with Crippen molar-refractivity contribution in [2.24, 2.45) is 67.2 Å². The lowest BCUT2D eigenvalue weighted by atomic mass is 9.31. The lowest BCUT2D eigenvalue weighted by Crippen LogP contribution is -2.75. The molecule has 66 heavy (non-hydrogen) atoms. The van der Waals surface area contributed by atoms with Gasteiger partial charge in [0.15, 0.2) is 11.7 Å². The molecular formula is C55H65N3O8. The van der Waals surface area contributed by atoms with E-state index in [-0.39, 0.29) is 73.1 Å². The van der Waals surface area contributed by atoms with Crippen LogP contribution >= 0.6 is 0 Å². The summed E-state index contributed by atoms with van der Waals surface area (Å²) in [6.45, 7) is 7.48. The number of nitrogens with zero attached hydrogens (tertiary/aromatic N) is 1.